The molecule has 6 heavy (non-hydrogen) atoms. The van der Waals surface area contributed by atoms with E-state index in [-0.39, 0.29) is 4.43 Å². The van der Waals surface area contributed by atoms with Crippen LogP contribution in [-0.2, 0) is 0 Å². The first-order chi connectivity index (χ1) is 2.56. The van der Waals surface area contributed by atoms with Crippen LogP contribution in [0.25, 0.3) is 0 Å². The van der Waals surface area contributed by atoms with Crippen molar-refractivity contribution in [2.45, 2.75) is 5.92 Å². The lowest BCUT2D eigenvalue weighted by atomic mass is 10.5. The number of rotatable bonds is 1. The van der Waals surface area contributed by atoms with E-state index in [1.807, 2.05) is 0 Å². The topological polar surface area (TPSA) is 0 Å². The Hall–Kier alpha value is 0.590. The average Bonchev–Trinajstić information content (AvgIpc) is 1.35. The lowest BCUT2D eigenvalue weighted by Gasteiger charge is -2.00. The molecule has 3 heteroatoms. The third kappa shape index (κ3) is 4.59. The molecule has 0 atom stereocenters. The van der Waals surface area contributed by atoms with E-state index < -0.39 is 5.92 Å². The van der Waals surface area contributed by atoms with Crippen LogP contribution >= 0.6 is 22.6 Å². The fourth-order valence-corrected chi connectivity index (χ4v) is 0. The van der Waals surface area contributed by atoms with Gasteiger partial charge in [-0.3, -0.25) is 0 Å². The fraction of sp³-hybridized carbons (Fsp3) is 0.667. The van der Waals surface area contributed by atoms with E-state index in [0.29, 0.717) is 0 Å². The molecule has 0 saturated heterocycles. The molecule has 0 aliphatic heterocycles. The summed E-state index contributed by atoms with van der Waals surface area (Å²) in [5.74, 6) is -2.72. The Labute approximate surface area is 49.1 Å². The first-order valence-corrected chi connectivity index (χ1v) is 2.88. The first kappa shape index (κ1) is 6.59. The second-order valence-electron chi connectivity index (χ2n) is 0.990. The molecule has 0 amide bonds. The Morgan fingerprint density at radius 3 is 1.83 bits per heavy atom. The van der Waals surface area contributed by atoms with E-state index in [0.717, 1.165) is 0 Å². The minimum atomic E-state index is -2.72. The second kappa shape index (κ2) is 2.04. The fourth-order valence-electron chi connectivity index (χ4n) is 0. The monoisotopic (exact) mass is 205 g/mol. The van der Waals surface area contributed by atoms with Gasteiger partial charge < -0.3 is 0 Å². The lowest BCUT2D eigenvalue weighted by Crippen LogP contribution is -2.10. The summed E-state index contributed by atoms with van der Waals surface area (Å²) in [6.07, 6.45) is 0. The van der Waals surface area contributed by atoms with Crippen LogP contribution in [0, 0.1) is 6.92 Å². The van der Waals surface area contributed by atoms with Gasteiger partial charge >= 0.3 is 0 Å². The maximum Gasteiger partial charge on any atom is 0.257 e. The molecule has 0 aliphatic rings. The molecule has 0 fully saturated rings. The van der Waals surface area contributed by atoms with Crippen molar-refractivity contribution in [2.24, 2.45) is 0 Å². The molecule has 0 nitrogen and oxygen atoms in total. The van der Waals surface area contributed by atoms with Gasteiger partial charge in [-0.15, -0.1) is 0 Å². The molecule has 0 aromatic rings. The third-order valence-electron chi connectivity index (χ3n) is 0.196. The summed E-state index contributed by atoms with van der Waals surface area (Å²) in [7, 11) is 0. The highest BCUT2D eigenvalue weighted by molar-refractivity contribution is 14.1. The van der Waals surface area contributed by atoms with Crippen LogP contribution in [0.1, 0.15) is 0 Å². The van der Waals surface area contributed by atoms with Gasteiger partial charge in [0.1, 0.15) is 0 Å². The van der Waals surface area contributed by atoms with Crippen molar-refractivity contribution < 1.29 is 8.78 Å². The van der Waals surface area contributed by atoms with Gasteiger partial charge in [-0.05, 0) is 0 Å². The molecule has 1 radical (unpaired) electrons. The molecule has 0 rings (SSSR count). The maximum absolute atomic E-state index is 11.3. The molecule has 37 valence electrons. The van der Waals surface area contributed by atoms with Gasteiger partial charge in [0.05, 0.1) is 4.43 Å². The zero-order chi connectivity index (χ0) is 5.21. The van der Waals surface area contributed by atoms with Crippen molar-refractivity contribution in [3.8, 4) is 0 Å². The Kier molecular flexibility index (Phi) is 2.25. The molecule has 0 heterocycles. The first-order valence-electron chi connectivity index (χ1n) is 1.35. The van der Waals surface area contributed by atoms with E-state index in [4.69, 9.17) is 0 Å². The highest BCUT2D eigenvalue weighted by atomic mass is 127. The van der Waals surface area contributed by atoms with Crippen molar-refractivity contribution in [3.63, 3.8) is 0 Å². The molecule has 0 spiro atoms. The number of alkyl halides is 3. The molecule has 0 unspecified atom stereocenters. The SMILES string of the molecule is [CH2]C(F)(F)CI. The average molecular weight is 205 g/mol. The van der Waals surface area contributed by atoms with Crippen molar-refractivity contribution in [1.82, 2.24) is 0 Å². The van der Waals surface area contributed by atoms with E-state index in [1.54, 1.807) is 22.6 Å². The molecule has 0 aromatic carbocycles. The summed E-state index contributed by atoms with van der Waals surface area (Å²) in [5, 5.41) is 0. The van der Waals surface area contributed by atoms with Crippen LogP contribution in [0.5, 0.6) is 0 Å². The van der Waals surface area contributed by atoms with Crippen LogP contribution < -0.4 is 0 Å². The molecular formula is C3H4F2I. The summed E-state index contributed by atoms with van der Waals surface area (Å²) in [5.41, 5.74) is 0. The van der Waals surface area contributed by atoms with Crippen molar-refractivity contribution in [1.29, 1.82) is 0 Å². The van der Waals surface area contributed by atoms with E-state index in [9.17, 15) is 8.78 Å². The maximum atomic E-state index is 11.3. The van der Waals surface area contributed by atoms with E-state index in [2.05, 4.69) is 6.92 Å². The van der Waals surface area contributed by atoms with Gasteiger partial charge in [0.25, 0.3) is 5.92 Å². The Morgan fingerprint density at radius 2 is 1.83 bits per heavy atom. The summed E-state index contributed by atoms with van der Waals surface area (Å²) in [6, 6.07) is 0. The van der Waals surface area contributed by atoms with Crippen LogP contribution in [0.3, 0.4) is 0 Å². The molecule has 0 N–H and O–H groups in total. The molecule has 0 aliphatic carbocycles. The van der Waals surface area contributed by atoms with E-state index >= 15 is 0 Å². The Bertz CT molecular complexity index is 38.5. The standard InChI is InChI=1S/C3H4F2I/c1-3(4,5)2-6/h1-2H2. The van der Waals surface area contributed by atoms with Crippen LogP contribution in [0.4, 0.5) is 8.78 Å². The second-order valence-corrected chi connectivity index (χ2v) is 1.75. The number of halogens is 3. The predicted molar refractivity (Wildman–Crippen MR) is 29.2 cm³/mol. The molecule has 0 saturated carbocycles. The molecule has 0 bridgehead atoms. The van der Waals surface area contributed by atoms with Gasteiger partial charge in [0.15, 0.2) is 0 Å². The lowest BCUT2D eigenvalue weighted by molar-refractivity contribution is 0.0831. The quantitative estimate of drug-likeness (QED) is 0.452. The van der Waals surface area contributed by atoms with Crippen LogP contribution in [0.15, 0.2) is 0 Å². The normalized spacial score (nSPS) is 12.0. The number of hydrogen-bond acceptors (Lipinski definition) is 0. The Balaban J connectivity index is 3.17. The van der Waals surface area contributed by atoms with Crippen molar-refractivity contribution in [3.05, 3.63) is 6.92 Å². The minimum Gasteiger partial charge on any atom is -0.206 e. The zero-order valence-corrected chi connectivity index (χ0v) is 5.21. The predicted octanol–water partition coefficient (Wildman–Crippen LogP) is 1.89. The number of hydrogen-bond donors (Lipinski definition) is 0. The highest BCUT2D eigenvalue weighted by Gasteiger charge is 2.17. The van der Waals surface area contributed by atoms with Crippen molar-refractivity contribution >= 4 is 22.6 Å². The van der Waals surface area contributed by atoms with Gasteiger partial charge in [-0.2, -0.15) is 0 Å². The van der Waals surface area contributed by atoms with Gasteiger partial charge in [0.2, 0.25) is 0 Å². The van der Waals surface area contributed by atoms with Gasteiger partial charge in [0, 0.05) is 6.92 Å². The third-order valence-corrected chi connectivity index (χ3v) is 1.31. The summed E-state index contributed by atoms with van der Waals surface area (Å²) in [4.78, 5) is 0. The van der Waals surface area contributed by atoms with E-state index in [1.165, 1.54) is 0 Å². The summed E-state index contributed by atoms with van der Waals surface area (Å²) < 4.78 is 22.5. The zero-order valence-electron chi connectivity index (χ0n) is 3.05. The van der Waals surface area contributed by atoms with Crippen LogP contribution in [-0.4, -0.2) is 10.4 Å². The molecular weight excluding hydrogens is 201 g/mol. The van der Waals surface area contributed by atoms with Crippen molar-refractivity contribution in [2.75, 3.05) is 4.43 Å². The highest BCUT2D eigenvalue weighted by Crippen LogP contribution is 2.12. The summed E-state index contributed by atoms with van der Waals surface area (Å²) in [6.45, 7) is 2.55. The molecule has 0 aromatic heterocycles. The van der Waals surface area contributed by atoms with Gasteiger partial charge in [-0.1, -0.05) is 22.6 Å². The largest absolute Gasteiger partial charge is 0.257 e. The summed E-state index contributed by atoms with van der Waals surface area (Å²) >= 11 is 1.58. The van der Waals surface area contributed by atoms with Gasteiger partial charge in [-0.25, -0.2) is 8.78 Å². The smallest absolute Gasteiger partial charge is 0.206 e. The van der Waals surface area contributed by atoms with Crippen LogP contribution in [0.2, 0.25) is 0 Å². The minimum absolute atomic E-state index is 0.204. The Morgan fingerprint density at radius 1 is 1.67 bits per heavy atom.